The second-order valence-corrected chi connectivity index (χ2v) is 6.12. The summed E-state index contributed by atoms with van der Waals surface area (Å²) in [5.41, 5.74) is 6.21. The third kappa shape index (κ3) is 3.61. The third-order valence-corrected chi connectivity index (χ3v) is 4.37. The van der Waals surface area contributed by atoms with Crippen LogP contribution in [0, 0.1) is 5.92 Å². The van der Waals surface area contributed by atoms with Gasteiger partial charge in [0, 0.05) is 20.1 Å². The van der Waals surface area contributed by atoms with E-state index in [1.165, 1.54) is 37.5 Å². The monoisotopic (exact) mass is 297 g/mol. The minimum absolute atomic E-state index is 0.189. The van der Waals surface area contributed by atoms with Crippen LogP contribution in [0.25, 0.3) is 0 Å². The van der Waals surface area contributed by atoms with E-state index >= 15 is 0 Å². The van der Waals surface area contributed by atoms with Crippen molar-refractivity contribution in [3.63, 3.8) is 0 Å². The molecule has 2 heterocycles. The lowest BCUT2D eigenvalue weighted by Crippen LogP contribution is -2.29. The second-order valence-electron chi connectivity index (χ2n) is 5.34. The van der Waals surface area contributed by atoms with Crippen LogP contribution in [0.2, 0.25) is 0 Å². The number of anilines is 2. The predicted octanol–water partition coefficient (Wildman–Crippen LogP) is 1.23. The number of carbonyl (C=O) groups is 1. The van der Waals surface area contributed by atoms with Crippen molar-refractivity contribution in [2.45, 2.75) is 19.8 Å². The number of hydrogen-bond donors (Lipinski definition) is 3. The van der Waals surface area contributed by atoms with E-state index in [-0.39, 0.29) is 5.91 Å². The predicted molar refractivity (Wildman–Crippen MR) is 83.2 cm³/mol. The Labute approximate surface area is 123 Å². The van der Waals surface area contributed by atoms with Gasteiger partial charge in [-0.15, -0.1) is 0 Å². The van der Waals surface area contributed by atoms with Crippen molar-refractivity contribution in [2.24, 2.45) is 5.92 Å². The van der Waals surface area contributed by atoms with Gasteiger partial charge in [0.2, 0.25) is 0 Å². The average molecular weight is 297 g/mol. The van der Waals surface area contributed by atoms with E-state index in [0.29, 0.717) is 17.3 Å². The van der Waals surface area contributed by atoms with Gasteiger partial charge in [-0.05, 0) is 43.4 Å². The first-order chi connectivity index (χ1) is 9.61. The first-order valence-corrected chi connectivity index (χ1v) is 7.82. The number of rotatable bonds is 6. The van der Waals surface area contributed by atoms with Gasteiger partial charge in [-0.25, -0.2) is 0 Å². The van der Waals surface area contributed by atoms with E-state index in [4.69, 9.17) is 5.73 Å². The van der Waals surface area contributed by atoms with E-state index in [1.54, 1.807) is 7.05 Å². The zero-order valence-corrected chi connectivity index (χ0v) is 12.9. The maximum atomic E-state index is 11.8. The van der Waals surface area contributed by atoms with Crippen LogP contribution in [0.4, 0.5) is 10.8 Å². The Morgan fingerprint density at radius 3 is 2.85 bits per heavy atom. The molecule has 1 fully saturated rings. The molecule has 7 heteroatoms. The lowest BCUT2D eigenvalue weighted by atomic mass is 10.1. The van der Waals surface area contributed by atoms with Crippen molar-refractivity contribution in [2.75, 3.05) is 44.3 Å². The van der Waals surface area contributed by atoms with Crippen LogP contribution in [0.1, 0.15) is 30.1 Å². The molecule has 0 bridgehead atoms. The normalized spacial score (nSPS) is 17.1. The van der Waals surface area contributed by atoms with E-state index in [0.717, 1.165) is 18.1 Å². The number of nitrogens with two attached hydrogens (primary N) is 1. The van der Waals surface area contributed by atoms with E-state index in [1.807, 2.05) is 0 Å². The van der Waals surface area contributed by atoms with Crippen LogP contribution in [0.15, 0.2) is 0 Å². The van der Waals surface area contributed by atoms with Crippen molar-refractivity contribution in [3.8, 4) is 0 Å². The summed E-state index contributed by atoms with van der Waals surface area (Å²) < 4.78 is 4.05. The molecule has 1 amide bonds. The van der Waals surface area contributed by atoms with Crippen LogP contribution in [-0.2, 0) is 0 Å². The Hall–Kier alpha value is -1.34. The number of aromatic nitrogens is 1. The minimum Gasteiger partial charge on any atom is -0.382 e. The summed E-state index contributed by atoms with van der Waals surface area (Å²) in [6.45, 7) is 6.55. The SMILES string of the molecule is CNC(=O)c1c(N)nsc1NCC(C)CN1CCCC1. The zero-order valence-electron chi connectivity index (χ0n) is 12.1. The molecule has 0 spiro atoms. The highest BCUT2D eigenvalue weighted by Gasteiger charge is 2.19. The first kappa shape index (κ1) is 15.1. The molecule has 1 saturated heterocycles. The summed E-state index contributed by atoms with van der Waals surface area (Å²) in [7, 11) is 1.60. The number of likely N-dealkylation sites (tertiary alicyclic amines) is 1. The Bertz CT molecular complexity index is 456. The summed E-state index contributed by atoms with van der Waals surface area (Å²) >= 11 is 1.24. The van der Waals surface area contributed by atoms with Crippen molar-refractivity contribution < 1.29 is 4.79 Å². The standard InChI is InChI=1S/C13H23N5OS/c1-9(8-18-5-3-4-6-18)7-16-13-10(12(19)15-2)11(14)17-20-13/h9,16H,3-8H2,1-2H3,(H2,14,17)(H,15,19). The molecule has 1 aliphatic rings. The molecule has 4 N–H and O–H groups in total. The molecule has 112 valence electrons. The maximum Gasteiger partial charge on any atom is 0.257 e. The van der Waals surface area contributed by atoms with Gasteiger partial charge in [0.1, 0.15) is 10.6 Å². The average Bonchev–Trinajstić information content (AvgIpc) is 3.05. The molecule has 2 rings (SSSR count). The van der Waals surface area contributed by atoms with Crippen molar-refractivity contribution >= 4 is 28.3 Å². The van der Waals surface area contributed by atoms with E-state index < -0.39 is 0 Å². The summed E-state index contributed by atoms with van der Waals surface area (Å²) in [5.74, 6) is 0.629. The molecule has 1 atom stereocenters. The van der Waals surface area contributed by atoms with Gasteiger partial charge in [-0.2, -0.15) is 4.37 Å². The van der Waals surface area contributed by atoms with Crippen LogP contribution >= 0.6 is 11.5 Å². The van der Waals surface area contributed by atoms with Crippen molar-refractivity contribution in [3.05, 3.63) is 5.56 Å². The topological polar surface area (TPSA) is 83.3 Å². The smallest absolute Gasteiger partial charge is 0.257 e. The highest BCUT2D eigenvalue weighted by Crippen LogP contribution is 2.26. The molecule has 1 aliphatic heterocycles. The fourth-order valence-corrected chi connectivity index (χ4v) is 3.22. The quantitative estimate of drug-likeness (QED) is 0.735. The summed E-state index contributed by atoms with van der Waals surface area (Å²) in [4.78, 5) is 14.3. The van der Waals surface area contributed by atoms with Crippen molar-refractivity contribution in [1.82, 2.24) is 14.6 Å². The molecule has 0 radical (unpaired) electrons. The highest BCUT2D eigenvalue weighted by molar-refractivity contribution is 7.11. The number of amides is 1. The fraction of sp³-hybridized carbons (Fsp3) is 0.692. The van der Waals surface area contributed by atoms with Crippen LogP contribution in [0.5, 0.6) is 0 Å². The first-order valence-electron chi connectivity index (χ1n) is 7.05. The Morgan fingerprint density at radius 1 is 1.50 bits per heavy atom. The molecule has 1 aromatic heterocycles. The zero-order chi connectivity index (χ0) is 14.5. The largest absolute Gasteiger partial charge is 0.382 e. The molecule has 1 unspecified atom stereocenters. The number of nitrogens with zero attached hydrogens (tertiary/aromatic N) is 2. The molecule has 20 heavy (non-hydrogen) atoms. The lowest BCUT2D eigenvalue weighted by Gasteiger charge is -2.20. The maximum absolute atomic E-state index is 11.8. The van der Waals surface area contributed by atoms with Gasteiger partial charge in [0.15, 0.2) is 5.82 Å². The number of carbonyl (C=O) groups excluding carboxylic acids is 1. The lowest BCUT2D eigenvalue weighted by molar-refractivity contribution is 0.0965. The molecule has 0 aliphatic carbocycles. The Morgan fingerprint density at radius 2 is 2.20 bits per heavy atom. The fourth-order valence-electron chi connectivity index (χ4n) is 2.50. The molecule has 0 saturated carbocycles. The van der Waals surface area contributed by atoms with Gasteiger partial charge in [-0.1, -0.05) is 6.92 Å². The summed E-state index contributed by atoms with van der Waals surface area (Å²) in [5, 5.41) is 6.67. The number of nitrogen functional groups attached to an aromatic ring is 1. The van der Waals surface area contributed by atoms with Crippen LogP contribution in [-0.4, -0.2) is 48.4 Å². The molecule has 6 nitrogen and oxygen atoms in total. The molecular formula is C13H23N5OS. The van der Waals surface area contributed by atoms with Gasteiger partial charge < -0.3 is 21.3 Å². The van der Waals surface area contributed by atoms with E-state index in [9.17, 15) is 4.79 Å². The summed E-state index contributed by atoms with van der Waals surface area (Å²) in [6, 6.07) is 0. The van der Waals surface area contributed by atoms with Crippen LogP contribution in [0.3, 0.4) is 0 Å². The Kier molecular flexibility index (Phi) is 5.19. The molecular weight excluding hydrogens is 274 g/mol. The Balaban J connectivity index is 1.88. The van der Waals surface area contributed by atoms with Gasteiger partial charge >= 0.3 is 0 Å². The van der Waals surface area contributed by atoms with Crippen molar-refractivity contribution in [1.29, 1.82) is 0 Å². The van der Waals surface area contributed by atoms with Crippen LogP contribution < -0.4 is 16.4 Å². The van der Waals surface area contributed by atoms with Gasteiger partial charge in [0.25, 0.3) is 5.91 Å². The third-order valence-electron chi connectivity index (χ3n) is 3.55. The van der Waals surface area contributed by atoms with Gasteiger partial charge in [-0.3, -0.25) is 4.79 Å². The molecule has 0 aromatic carbocycles. The van der Waals surface area contributed by atoms with E-state index in [2.05, 4.69) is 26.8 Å². The second kappa shape index (κ2) is 6.90. The minimum atomic E-state index is -0.189. The van der Waals surface area contributed by atoms with Gasteiger partial charge in [0.05, 0.1) is 0 Å². The molecule has 1 aromatic rings. The number of hydrogen-bond acceptors (Lipinski definition) is 6. The summed E-state index contributed by atoms with van der Waals surface area (Å²) in [6.07, 6.45) is 2.62. The number of nitrogens with one attached hydrogen (secondary N) is 2. The highest BCUT2D eigenvalue weighted by atomic mass is 32.1.